The molecule has 1 fully saturated rings. The zero-order valence-corrected chi connectivity index (χ0v) is 15.0. The highest BCUT2D eigenvalue weighted by atomic mass is 16.1. The summed E-state index contributed by atoms with van der Waals surface area (Å²) in [6.45, 7) is 7.03. The number of benzene rings is 1. The molecule has 2 aromatic rings. The Morgan fingerprint density at radius 2 is 2.04 bits per heavy atom. The number of pyridine rings is 1. The molecule has 1 aromatic heterocycles. The van der Waals surface area contributed by atoms with E-state index in [4.69, 9.17) is 0 Å². The highest BCUT2D eigenvalue weighted by Gasteiger charge is 2.24. The Morgan fingerprint density at radius 1 is 1.23 bits per heavy atom. The van der Waals surface area contributed by atoms with Crippen LogP contribution in [-0.2, 0) is 0 Å². The summed E-state index contributed by atoms with van der Waals surface area (Å²) in [5.41, 5.74) is 2.62. The number of likely N-dealkylation sites (tertiary alicyclic amines) is 1. The van der Waals surface area contributed by atoms with E-state index >= 15 is 0 Å². The van der Waals surface area contributed by atoms with E-state index in [1.165, 1.54) is 12.8 Å². The van der Waals surface area contributed by atoms with Crippen LogP contribution in [0.5, 0.6) is 0 Å². The number of hydrogen-bond acceptors (Lipinski definition) is 4. The lowest BCUT2D eigenvalue weighted by atomic mass is 10.1. The molecule has 26 heavy (non-hydrogen) atoms. The van der Waals surface area contributed by atoms with Crippen molar-refractivity contribution in [1.82, 2.24) is 15.2 Å². The van der Waals surface area contributed by atoms with E-state index in [1.54, 1.807) is 12.3 Å². The zero-order chi connectivity index (χ0) is 18.2. The third-order valence-electron chi connectivity index (χ3n) is 4.72. The Kier molecular flexibility index (Phi) is 6.39. The Morgan fingerprint density at radius 3 is 2.77 bits per heavy atom. The number of aromatic nitrogens is 1. The highest BCUT2D eigenvalue weighted by molar-refractivity contribution is 5.99. The van der Waals surface area contributed by atoms with Crippen LogP contribution < -0.4 is 10.6 Å². The summed E-state index contributed by atoms with van der Waals surface area (Å²) < 4.78 is 0. The molecule has 1 atom stereocenters. The van der Waals surface area contributed by atoms with Crippen LogP contribution in [0.15, 0.2) is 61.4 Å². The van der Waals surface area contributed by atoms with Gasteiger partial charge in [0.1, 0.15) is 0 Å². The number of hydrogen-bond donors (Lipinski definition) is 2. The van der Waals surface area contributed by atoms with Gasteiger partial charge in [-0.2, -0.15) is 0 Å². The largest absolute Gasteiger partial charge is 0.381 e. The topological polar surface area (TPSA) is 57.3 Å². The summed E-state index contributed by atoms with van der Waals surface area (Å²) in [6, 6.07) is 11.8. The van der Waals surface area contributed by atoms with Crippen LogP contribution in [0.3, 0.4) is 0 Å². The minimum atomic E-state index is -0.0646. The first-order valence-electron chi connectivity index (χ1n) is 9.15. The molecule has 5 nitrogen and oxygen atoms in total. The first-order chi connectivity index (χ1) is 12.8. The van der Waals surface area contributed by atoms with Gasteiger partial charge in [-0.15, -0.1) is 6.58 Å². The molecule has 0 bridgehead atoms. The third kappa shape index (κ3) is 4.49. The Labute approximate surface area is 155 Å². The predicted molar refractivity (Wildman–Crippen MR) is 105 cm³/mol. The highest BCUT2D eigenvalue weighted by Crippen LogP contribution is 2.24. The van der Waals surface area contributed by atoms with Crippen molar-refractivity contribution in [2.45, 2.75) is 18.9 Å². The second-order valence-electron chi connectivity index (χ2n) is 6.47. The molecule has 136 valence electrons. The van der Waals surface area contributed by atoms with Crippen molar-refractivity contribution in [2.24, 2.45) is 0 Å². The molecular formula is C21H26N4O. The normalized spacial score (nSPS) is 15.4. The monoisotopic (exact) mass is 350 g/mol. The Hall–Kier alpha value is -2.66. The maximum Gasteiger partial charge on any atom is 0.253 e. The number of rotatable bonds is 8. The van der Waals surface area contributed by atoms with Gasteiger partial charge in [-0.1, -0.05) is 24.3 Å². The van der Waals surface area contributed by atoms with Crippen molar-refractivity contribution in [3.05, 3.63) is 72.6 Å². The standard InChI is InChI=1S/C21H26N4O/c1-2-11-23-19-10-4-3-9-18(19)21(26)24-16-20(25-13-5-6-14-25)17-8-7-12-22-15-17/h2-4,7-10,12,15,20,23H,1,5-6,11,13-14,16H2,(H,24,26). The number of nitrogens with zero attached hydrogens (tertiary/aromatic N) is 2. The van der Waals surface area contributed by atoms with Crippen LogP contribution in [0.25, 0.3) is 0 Å². The molecule has 0 saturated carbocycles. The lowest BCUT2D eigenvalue weighted by Crippen LogP contribution is -2.37. The van der Waals surface area contributed by atoms with E-state index < -0.39 is 0 Å². The number of nitrogens with one attached hydrogen (secondary N) is 2. The fourth-order valence-corrected chi connectivity index (χ4v) is 3.39. The number of carbonyl (C=O) groups is 1. The first kappa shape index (κ1) is 18.1. The van der Waals surface area contributed by atoms with E-state index in [0.29, 0.717) is 18.7 Å². The average molecular weight is 350 g/mol. The number of carbonyl (C=O) groups excluding carboxylic acids is 1. The van der Waals surface area contributed by atoms with Gasteiger partial charge in [0.25, 0.3) is 5.91 Å². The molecule has 1 aliphatic rings. The molecule has 1 unspecified atom stereocenters. The van der Waals surface area contributed by atoms with Crippen molar-refractivity contribution in [3.63, 3.8) is 0 Å². The van der Waals surface area contributed by atoms with Gasteiger partial charge in [-0.05, 0) is 49.7 Å². The first-order valence-corrected chi connectivity index (χ1v) is 9.15. The van der Waals surface area contributed by atoms with Gasteiger partial charge < -0.3 is 10.6 Å². The van der Waals surface area contributed by atoms with Gasteiger partial charge in [-0.25, -0.2) is 0 Å². The molecule has 1 aromatic carbocycles. The summed E-state index contributed by atoms with van der Waals surface area (Å²) >= 11 is 0. The maximum atomic E-state index is 12.8. The summed E-state index contributed by atoms with van der Waals surface area (Å²) in [7, 11) is 0. The van der Waals surface area contributed by atoms with Crippen LogP contribution in [0.1, 0.15) is 34.8 Å². The molecular weight excluding hydrogens is 324 g/mol. The van der Waals surface area contributed by atoms with Gasteiger partial charge in [0, 0.05) is 31.2 Å². The Bertz CT molecular complexity index is 726. The summed E-state index contributed by atoms with van der Waals surface area (Å²) in [6.07, 6.45) is 7.87. The molecule has 1 amide bonds. The van der Waals surface area contributed by atoms with Gasteiger partial charge in [0.2, 0.25) is 0 Å². The minimum Gasteiger partial charge on any atom is -0.381 e. The van der Waals surface area contributed by atoms with Crippen molar-refractivity contribution in [1.29, 1.82) is 0 Å². The zero-order valence-electron chi connectivity index (χ0n) is 15.0. The number of anilines is 1. The van der Waals surface area contributed by atoms with Gasteiger partial charge in [-0.3, -0.25) is 14.7 Å². The molecule has 3 rings (SSSR count). The molecule has 1 aliphatic heterocycles. The van der Waals surface area contributed by atoms with E-state index in [2.05, 4.69) is 33.2 Å². The SMILES string of the molecule is C=CCNc1ccccc1C(=O)NCC(c1cccnc1)N1CCCC1. The quantitative estimate of drug-likeness (QED) is 0.718. The van der Waals surface area contributed by atoms with Gasteiger partial charge >= 0.3 is 0 Å². The van der Waals surface area contributed by atoms with Gasteiger partial charge in [0.15, 0.2) is 0 Å². The molecule has 0 aliphatic carbocycles. The minimum absolute atomic E-state index is 0.0646. The Balaban J connectivity index is 1.71. The van der Waals surface area contributed by atoms with Crippen LogP contribution in [0.2, 0.25) is 0 Å². The van der Waals surface area contributed by atoms with Crippen molar-refractivity contribution in [3.8, 4) is 0 Å². The van der Waals surface area contributed by atoms with Crippen LogP contribution >= 0.6 is 0 Å². The molecule has 0 spiro atoms. The van der Waals surface area contributed by atoms with Crippen LogP contribution in [-0.4, -0.2) is 42.0 Å². The molecule has 2 heterocycles. The van der Waals surface area contributed by atoms with E-state index in [-0.39, 0.29) is 11.9 Å². The van der Waals surface area contributed by atoms with Crippen LogP contribution in [0.4, 0.5) is 5.69 Å². The molecule has 2 N–H and O–H groups in total. The molecule has 1 saturated heterocycles. The fourth-order valence-electron chi connectivity index (χ4n) is 3.39. The third-order valence-corrected chi connectivity index (χ3v) is 4.72. The van der Waals surface area contributed by atoms with Crippen LogP contribution in [0, 0.1) is 0 Å². The number of amides is 1. The van der Waals surface area contributed by atoms with E-state index in [9.17, 15) is 4.79 Å². The summed E-state index contributed by atoms with van der Waals surface area (Å²) in [5, 5.41) is 6.34. The van der Waals surface area contributed by atoms with E-state index in [0.717, 1.165) is 24.3 Å². The van der Waals surface area contributed by atoms with Gasteiger partial charge in [0.05, 0.1) is 11.6 Å². The molecule has 0 radical (unpaired) electrons. The summed E-state index contributed by atoms with van der Waals surface area (Å²) in [4.78, 5) is 19.4. The van der Waals surface area contributed by atoms with Crippen molar-refractivity contribution < 1.29 is 4.79 Å². The summed E-state index contributed by atoms with van der Waals surface area (Å²) in [5.74, 6) is -0.0646. The second kappa shape index (κ2) is 9.15. The maximum absolute atomic E-state index is 12.8. The number of para-hydroxylation sites is 1. The lowest BCUT2D eigenvalue weighted by Gasteiger charge is -2.28. The van der Waals surface area contributed by atoms with E-state index in [1.807, 2.05) is 36.5 Å². The second-order valence-corrected chi connectivity index (χ2v) is 6.47. The lowest BCUT2D eigenvalue weighted by molar-refractivity contribution is 0.0938. The average Bonchev–Trinajstić information content (AvgIpc) is 3.22. The molecule has 5 heteroatoms. The van der Waals surface area contributed by atoms with Crippen molar-refractivity contribution >= 4 is 11.6 Å². The fraction of sp³-hybridized carbons (Fsp3) is 0.333. The smallest absolute Gasteiger partial charge is 0.253 e. The predicted octanol–water partition coefficient (Wildman–Crippen LogP) is 3.25. The van der Waals surface area contributed by atoms with Crippen molar-refractivity contribution in [2.75, 3.05) is 31.5 Å².